The van der Waals surface area contributed by atoms with Gasteiger partial charge in [0.15, 0.2) is 15.3 Å². The van der Waals surface area contributed by atoms with Crippen LogP contribution in [0.5, 0.6) is 0 Å². The Morgan fingerprint density at radius 3 is 2.76 bits per heavy atom. The van der Waals surface area contributed by atoms with Gasteiger partial charge in [0, 0.05) is 23.4 Å². The molecule has 1 aromatic heterocycles. The van der Waals surface area contributed by atoms with Crippen LogP contribution in [0.15, 0.2) is 30.5 Å². The average Bonchev–Trinajstić information content (AvgIpc) is 2.68. The summed E-state index contributed by atoms with van der Waals surface area (Å²) in [6, 6.07) is 7.82. The van der Waals surface area contributed by atoms with Gasteiger partial charge in [-0.3, -0.25) is 0 Å². The molecule has 1 aromatic carbocycles. The predicted molar refractivity (Wildman–Crippen MR) is 67.5 cm³/mol. The molecule has 2 rings (SSSR count). The van der Waals surface area contributed by atoms with Gasteiger partial charge in [0.25, 0.3) is 0 Å². The van der Waals surface area contributed by atoms with Crippen molar-refractivity contribution in [3.63, 3.8) is 0 Å². The Kier molecular flexibility index (Phi) is 3.22. The number of aliphatic hydroxyl groups is 1. The van der Waals surface area contributed by atoms with Crippen molar-refractivity contribution in [3.8, 4) is 0 Å². The van der Waals surface area contributed by atoms with Gasteiger partial charge in [-0.1, -0.05) is 18.2 Å². The van der Waals surface area contributed by atoms with Crippen molar-refractivity contribution in [1.29, 1.82) is 0 Å². The molecule has 2 aromatic rings. The molecule has 0 fully saturated rings. The molecular weight excluding hydrogens is 238 g/mol. The first-order chi connectivity index (χ1) is 7.98. The molecule has 1 atom stereocenters. The van der Waals surface area contributed by atoms with Crippen molar-refractivity contribution in [3.05, 3.63) is 36.0 Å². The molecule has 0 aliphatic rings. The van der Waals surface area contributed by atoms with Crippen LogP contribution in [0.4, 0.5) is 0 Å². The second-order valence-electron chi connectivity index (χ2n) is 4.18. The Balaban J connectivity index is 2.15. The van der Waals surface area contributed by atoms with Crippen LogP contribution < -0.4 is 0 Å². The standard InChI is InChI=1S/C12H15NO3S/c1-17(15,16)12(14)7-6-9-8-13-11-5-3-2-4-10(9)11/h2-5,8,12-14H,6-7H2,1H3. The zero-order valence-corrected chi connectivity index (χ0v) is 10.4. The summed E-state index contributed by atoms with van der Waals surface area (Å²) in [6.45, 7) is 0. The van der Waals surface area contributed by atoms with Crippen molar-refractivity contribution in [2.75, 3.05) is 6.26 Å². The van der Waals surface area contributed by atoms with Crippen LogP contribution in [0.1, 0.15) is 12.0 Å². The second-order valence-corrected chi connectivity index (χ2v) is 6.39. The number of nitrogens with one attached hydrogen (secondary N) is 1. The molecule has 92 valence electrons. The summed E-state index contributed by atoms with van der Waals surface area (Å²) in [5.41, 5.74) is 0.774. The number of aromatic amines is 1. The maximum absolute atomic E-state index is 11.1. The zero-order chi connectivity index (χ0) is 12.5. The van der Waals surface area contributed by atoms with Gasteiger partial charge in [0.05, 0.1) is 0 Å². The van der Waals surface area contributed by atoms with Gasteiger partial charge in [-0.2, -0.15) is 0 Å². The highest BCUT2D eigenvalue weighted by atomic mass is 32.2. The monoisotopic (exact) mass is 253 g/mol. The molecule has 4 nitrogen and oxygen atoms in total. The third-order valence-electron chi connectivity index (χ3n) is 2.83. The number of benzene rings is 1. The first-order valence-electron chi connectivity index (χ1n) is 5.40. The summed E-state index contributed by atoms with van der Waals surface area (Å²) < 4.78 is 22.2. The molecule has 0 amide bonds. The van der Waals surface area contributed by atoms with Gasteiger partial charge in [-0.05, 0) is 24.5 Å². The smallest absolute Gasteiger partial charge is 0.173 e. The molecule has 0 aliphatic heterocycles. The maximum atomic E-state index is 11.1. The number of rotatable bonds is 4. The molecule has 1 unspecified atom stereocenters. The Hall–Kier alpha value is -1.33. The Morgan fingerprint density at radius 2 is 2.06 bits per heavy atom. The highest BCUT2D eigenvalue weighted by molar-refractivity contribution is 7.91. The molecule has 0 saturated carbocycles. The fraction of sp³-hybridized carbons (Fsp3) is 0.333. The summed E-state index contributed by atoms with van der Waals surface area (Å²) in [4.78, 5) is 3.12. The minimum Gasteiger partial charge on any atom is -0.377 e. The lowest BCUT2D eigenvalue weighted by Gasteiger charge is -2.07. The number of H-pyrrole nitrogens is 1. The lowest BCUT2D eigenvalue weighted by atomic mass is 10.1. The summed E-state index contributed by atoms with van der Waals surface area (Å²) in [5, 5.41) is 10.5. The van der Waals surface area contributed by atoms with Crippen LogP contribution in [0.25, 0.3) is 10.9 Å². The lowest BCUT2D eigenvalue weighted by molar-refractivity contribution is 0.240. The van der Waals surface area contributed by atoms with E-state index in [-0.39, 0.29) is 6.42 Å². The number of aliphatic hydroxyl groups excluding tert-OH is 1. The van der Waals surface area contributed by atoms with Gasteiger partial charge in [-0.25, -0.2) is 8.42 Å². The number of fused-ring (bicyclic) bond motifs is 1. The van der Waals surface area contributed by atoms with Crippen molar-refractivity contribution >= 4 is 20.7 Å². The lowest BCUT2D eigenvalue weighted by Crippen LogP contribution is -2.19. The third kappa shape index (κ3) is 2.68. The Bertz CT molecular complexity index is 615. The first kappa shape index (κ1) is 12.1. The van der Waals surface area contributed by atoms with Crippen LogP contribution in [0, 0.1) is 0 Å². The second kappa shape index (κ2) is 4.50. The molecule has 0 radical (unpaired) electrons. The molecule has 0 aliphatic carbocycles. The largest absolute Gasteiger partial charge is 0.377 e. The number of hydrogen-bond donors (Lipinski definition) is 2. The molecule has 17 heavy (non-hydrogen) atoms. The van der Waals surface area contributed by atoms with Gasteiger partial charge < -0.3 is 10.1 Å². The molecular formula is C12H15NO3S. The minimum atomic E-state index is -3.36. The quantitative estimate of drug-likeness (QED) is 0.866. The van der Waals surface area contributed by atoms with Gasteiger partial charge in [0.1, 0.15) is 0 Å². The van der Waals surface area contributed by atoms with E-state index in [1.807, 2.05) is 30.5 Å². The SMILES string of the molecule is CS(=O)(=O)C(O)CCc1c[nH]c2ccccc12. The van der Waals surface area contributed by atoms with Gasteiger partial charge >= 0.3 is 0 Å². The first-order valence-corrected chi connectivity index (χ1v) is 7.36. The topological polar surface area (TPSA) is 70.2 Å². The van der Waals surface area contributed by atoms with Crippen LogP contribution >= 0.6 is 0 Å². The zero-order valence-electron chi connectivity index (χ0n) is 9.55. The number of para-hydroxylation sites is 1. The summed E-state index contributed by atoms with van der Waals surface area (Å²) in [5.74, 6) is 0. The van der Waals surface area contributed by atoms with Crippen molar-refractivity contribution in [2.45, 2.75) is 18.3 Å². The van der Waals surface area contributed by atoms with E-state index in [0.29, 0.717) is 6.42 Å². The van der Waals surface area contributed by atoms with E-state index < -0.39 is 15.3 Å². The molecule has 1 heterocycles. The molecule has 0 bridgehead atoms. The van der Waals surface area contributed by atoms with Crippen molar-refractivity contribution in [1.82, 2.24) is 4.98 Å². The number of aryl methyl sites for hydroxylation is 1. The van der Waals surface area contributed by atoms with Gasteiger partial charge in [-0.15, -0.1) is 0 Å². The minimum absolute atomic E-state index is 0.223. The summed E-state index contributed by atoms with van der Waals surface area (Å²) in [6.07, 6.45) is 3.67. The van der Waals surface area contributed by atoms with Crippen molar-refractivity contribution < 1.29 is 13.5 Å². The summed E-state index contributed by atoms with van der Waals surface area (Å²) >= 11 is 0. The third-order valence-corrected chi connectivity index (χ3v) is 4.05. The van der Waals surface area contributed by atoms with E-state index in [1.54, 1.807) is 0 Å². The van der Waals surface area contributed by atoms with E-state index in [9.17, 15) is 13.5 Å². The van der Waals surface area contributed by atoms with E-state index in [4.69, 9.17) is 0 Å². The van der Waals surface area contributed by atoms with Crippen LogP contribution in [-0.4, -0.2) is 30.2 Å². The average molecular weight is 253 g/mol. The van der Waals surface area contributed by atoms with Crippen molar-refractivity contribution in [2.24, 2.45) is 0 Å². The van der Waals surface area contributed by atoms with Crippen LogP contribution in [-0.2, 0) is 16.3 Å². The normalized spacial score (nSPS) is 14.0. The Labute approximate surface area is 100 Å². The van der Waals surface area contributed by atoms with Gasteiger partial charge in [0.2, 0.25) is 0 Å². The summed E-state index contributed by atoms with van der Waals surface area (Å²) in [7, 11) is -3.36. The van der Waals surface area contributed by atoms with E-state index in [1.165, 1.54) is 0 Å². The van der Waals surface area contributed by atoms with E-state index >= 15 is 0 Å². The number of hydrogen-bond acceptors (Lipinski definition) is 3. The van der Waals surface area contributed by atoms with Crippen LogP contribution in [0.3, 0.4) is 0 Å². The van der Waals surface area contributed by atoms with Crippen LogP contribution in [0.2, 0.25) is 0 Å². The molecule has 5 heteroatoms. The predicted octanol–water partition coefficient (Wildman–Crippen LogP) is 1.46. The molecule has 0 saturated heterocycles. The number of aromatic nitrogens is 1. The number of sulfone groups is 1. The maximum Gasteiger partial charge on any atom is 0.173 e. The highest BCUT2D eigenvalue weighted by Crippen LogP contribution is 2.20. The fourth-order valence-electron chi connectivity index (χ4n) is 1.83. The Morgan fingerprint density at radius 1 is 1.35 bits per heavy atom. The van der Waals surface area contributed by atoms with E-state index in [0.717, 1.165) is 22.7 Å². The fourth-order valence-corrected chi connectivity index (χ4v) is 2.38. The molecule has 2 N–H and O–H groups in total. The molecule has 0 spiro atoms. The van der Waals surface area contributed by atoms with E-state index in [2.05, 4.69) is 4.98 Å². The highest BCUT2D eigenvalue weighted by Gasteiger charge is 2.17.